The van der Waals surface area contributed by atoms with Crippen LogP contribution < -0.4 is 0 Å². The third-order valence-corrected chi connectivity index (χ3v) is 3.11. The zero-order valence-corrected chi connectivity index (χ0v) is 8.79. The summed E-state index contributed by atoms with van der Waals surface area (Å²) in [6.45, 7) is 1.50. The molecule has 80 valence electrons. The van der Waals surface area contributed by atoms with E-state index in [4.69, 9.17) is 5.11 Å². The van der Waals surface area contributed by atoms with Crippen LogP contribution in [0.25, 0.3) is 0 Å². The number of aromatic nitrogens is 1. The molecule has 1 N–H and O–H groups in total. The van der Waals surface area contributed by atoms with Gasteiger partial charge in [0.25, 0.3) is 5.91 Å². The van der Waals surface area contributed by atoms with Crippen molar-refractivity contribution in [1.29, 1.82) is 0 Å². The molecule has 1 aliphatic heterocycles. The first-order valence-electron chi connectivity index (χ1n) is 4.68. The SMILES string of the molecule is O=C(O)c1cc(C(=O)N2CCCC2)ns1. The van der Waals surface area contributed by atoms with Crippen LogP contribution in [-0.4, -0.2) is 39.3 Å². The quantitative estimate of drug-likeness (QED) is 0.819. The van der Waals surface area contributed by atoms with Crippen LogP contribution in [0.2, 0.25) is 0 Å². The van der Waals surface area contributed by atoms with Gasteiger partial charge in [0.05, 0.1) is 0 Å². The number of carbonyl (C=O) groups excluding carboxylic acids is 1. The number of carboxylic acid groups (broad SMARTS) is 1. The highest BCUT2D eigenvalue weighted by atomic mass is 32.1. The molecular formula is C9H10N2O3S. The average Bonchev–Trinajstić information content (AvgIpc) is 2.88. The molecule has 0 saturated carbocycles. The molecule has 6 heteroatoms. The van der Waals surface area contributed by atoms with E-state index in [9.17, 15) is 9.59 Å². The highest BCUT2D eigenvalue weighted by molar-refractivity contribution is 7.08. The first-order valence-corrected chi connectivity index (χ1v) is 5.45. The van der Waals surface area contributed by atoms with E-state index in [0.29, 0.717) is 0 Å². The summed E-state index contributed by atoms with van der Waals surface area (Å²) in [6, 6.07) is 1.34. The Labute approximate surface area is 90.5 Å². The molecule has 1 saturated heterocycles. The van der Waals surface area contributed by atoms with E-state index in [1.807, 2.05) is 0 Å². The summed E-state index contributed by atoms with van der Waals surface area (Å²) < 4.78 is 3.85. The maximum absolute atomic E-state index is 11.8. The fourth-order valence-corrected chi connectivity index (χ4v) is 2.13. The third kappa shape index (κ3) is 1.99. The summed E-state index contributed by atoms with van der Waals surface area (Å²) >= 11 is 0.848. The van der Waals surface area contributed by atoms with Crippen molar-refractivity contribution in [2.24, 2.45) is 0 Å². The van der Waals surface area contributed by atoms with Gasteiger partial charge in [0.15, 0.2) is 0 Å². The van der Waals surface area contributed by atoms with Crippen LogP contribution in [-0.2, 0) is 0 Å². The maximum atomic E-state index is 11.8. The van der Waals surface area contributed by atoms with Crippen LogP contribution in [0.1, 0.15) is 33.0 Å². The first-order chi connectivity index (χ1) is 7.18. The van der Waals surface area contributed by atoms with Crippen molar-refractivity contribution in [3.8, 4) is 0 Å². The smallest absolute Gasteiger partial charge is 0.347 e. The number of carboxylic acids is 1. The van der Waals surface area contributed by atoms with E-state index >= 15 is 0 Å². The monoisotopic (exact) mass is 226 g/mol. The number of amides is 1. The highest BCUT2D eigenvalue weighted by Crippen LogP contribution is 2.15. The van der Waals surface area contributed by atoms with Gasteiger partial charge in [0.1, 0.15) is 10.6 Å². The molecule has 1 aliphatic rings. The molecule has 5 nitrogen and oxygen atoms in total. The Bertz CT molecular complexity index is 396. The number of nitrogens with zero attached hydrogens (tertiary/aromatic N) is 2. The Hall–Kier alpha value is -1.43. The number of hydrogen-bond acceptors (Lipinski definition) is 4. The van der Waals surface area contributed by atoms with Gasteiger partial charge in [0.2, 0.25) is 0 Å². The second kappa shape index (κ2) is 3.98. The Kier molecular flexibility index (Phi) is 2.68. The van der Waals surface area contributed by atoms with E-state index < -0.39 is 5.97 Å². The molecule has 0 radical (unpaired) electrons. The standard InChI is InChI=1S/C9H10N2O3S/c12-8(11-3-1-2-4-11)6-5-7(9(13)14)15-10-6/h5H,1-4H2,(H,13,14). The number of carbonyl (C=O) groups is 2. The molecule has 1 amide bonds. The predicted molar refractivity (Wildman–Crippen MR) is 54.2 cm³/mol. The molecule has 1 aromatic rings. The van der Waals surface area contributed by atoms with E-state index in [1.54, 1.807) is 4.90 Å². The number of hydrogen-bond donors (Lipinski definition) is 1. The zero-order valence-electron chi connectivity index (χ0n) is 7.97. The van der Waals surface area contributed by atoms with Gasteiger partial charge in [-0.3, -0.25) is 4.79 Å². The van der Waals surface area contributed by atoms with Gasteiger partial charge >= 0.3 is 5.97 Å². The topological polar surface area (TPSA) is 70.5 Å². The average molecular weight is 226 g/mol. The highest BCUT2D eigenvalue weighted by Gasteiger charge is 2.22. The fourth-order valence-electron chi connectivity index (χ4n) is 1.56. The van der Waals surface area contributed by atoms with E-state index in [1.165, 1.54) is 6.07 Å². The van der Waals surface area contributed by atoms with Crippen LogP contribution >= 0.6 is 11.5 Å². The van der Waals surface area contributed by atoms with Gasteiger partial charge in [-0.05, 0) is 30.4 Å². The Morgan fingerprint density at radius 3 is 2.60 bits per heavy atom. The van der Waals surface area contributed by atoms with E-state index in [2.05, 4.69) is 4.37 Å². The first kappa shape index (κ1) is 10.1. The van der Waals surface area contributed by atoms with Crippen molar-refractivity contribution in [2.75, 3.05) is 13.1 Å². The summed E-state index contributed by atoms with van der Waals surface area (Å²) in [6.07, 6.45) is 2.03. The van der Waals surface area contributed by atoms with Gasteiger partial charge in [-0.25, -0.2) is 4.79 Å². The van der Waals surface area contributed by atoms with Gasteiger partial charge in [-0.1, -0.05) is 0 Å². The minimum atomic E-state index is -1.03. The third-order valence-electron chi connectivity index (χ3n) is 2.33. The van der Waals surface area contributed by atoms with Crippen molar-refractivity contribution in [3.05, 3.63) is 16.6 Å². The Balaban J connectivity index is 2.14. The summed E-state index contributed by atoms with van der Waals surface area (Å²) in [7, 11) is 0. The van der Waals surface area contributed by atoms with E-state index in [-0.39, 0.29) is 16.5 Å². The van der Waals surface area contributed by atoms with Crippen molar-refractivity contribution in [1.82, 2.24) is 9.27 Å². The number of likely N-dealkylation sites (tertiary alicyclic amines) is 1. The van der Waals surface area contributed by atoms with Crippen LogP contribution in [0.3, 0.4) is 0 Å². The van der Waals surface area contributed by atoms with Gasteiger partial charge in [-0.2, -0.15) is 4.37 Å². The molecule has 1 aromatic heterocycles. The van der Waals surface area contributed by atoms with Crippen molar-refractivity contribution in [2.45, 2.75) is 12.8 Å². The normalized spacial score (nSPS) is 15.6. The second-order valence-electron chi connectivity index (χ2n) is 3.38. The van der Waals surface area contributed by atoms with Crippen LogP contribution in [0.5, 0.6) is 0 Å². The van der Waals surface area contributed by atoms with Crippen LogP contribution in [0, 0.1) is 0 Å². The fraction of sp³-hybridized carbons (Fsp3) is 0.444. The molecule has 0 spiro atoms. The maximum Gasteiger partial charge on any atom is 0.347 e. The summed E-state index contributed by atoms with van der Waals surface area (Å²) in [5.74, 6) is -1.19. The molecule has 0 aromatic carbocycles. The number of aromatic carboxylic acids is 1. The predicted octanol–water partition coefficient (Wildman–Crippen LogP) is 1.08. The lowest BCUT2D eigenvalue weighted by molar-refractivity contribution is 0.0702. The molecule has 0 unspecified atom stereocenters. The lowest BCUT2D eigenvalue weighted by atomic mass is 10.3. The zero-order chi connectivity index (χ0) is 10.8. The molecule has 15 heavy (non-hydrogen) atoms. The lowest BCUT2D eigenvalue weighted by Gasteiger charge is -2.12. The molecule has 0 atom stereocenters. The molecule has 0 aliphatic carbocycles. The summed E-state index contributed by atoms with van der Waals surface area (Å²) in [5, 5.41) is 8.69. The van der Waals surface area contributed by atoms with Crippen LogP contribution in [0.15, 0.2) is 6.07 Å². The van der Waals surface area contributed by atoms with Crippen molar-refractivity contribution >= 4 is 23.4 Å². The molecule has 2 heterocycles. The molecule has 0 bridgehead atoms. The molecular weight excluding hydrogens is 216 g/mol. The van der Waals surface area contributed by atoms with Crippen molar-refractivity contribution in [3.63, 3.8) is 0 Å². The van der Waals surface area contributed by atoms with Gasteiger partial charge in [-0.15, -0.1) is 0 Å². The van der Waals surface area contributed by atoms with Crippen LogP contribution in [0.4, 0.5) is 0 Å². The summed E-state index contributed by atoms with van der Waals surface area (Å²) in [5.41, 5.74) is 0.249. The lowest BCUT2D eigenvalue weighted by Crippen LogP contribution is -2.27. The van der Waals surface area contributed by atoms with Crippen molar-refractivity contribution < 1.29 is 14.7 Å². The largest absolute Gasteiger partial charge is 0.477 e. The Morgan fingerprint density at radius 2 is 2.07 bits per heavy atom. The molecule has 1 fully saturated rings. The van der Waals surface area contributed by atoms with E-state index in [0.717, 1.165) is 37.5 Å². The summed E-state index contributed by atoms with van der Waals surface area (Å²) in [4.78, 5) is 24.2. The number of rotatable bonds is 2. The van der Waals surface area contributed by atoms with Gasteiger partial charge in [0, 0.05) is 13.1 Å². The minimum Gasteiger partial charge on any atom is -0.477 e. The Morgan fingerprint density at radius 1 is 1.40 bits per heavy atom. The second-order valence-corrected chi connectivity index (χ2v) is 4.19. The van der Waals surface area contributed by atoms with Gasteiger partial charge < -0.3 is 10.0 Å². The molecule has 2 rings (SSSR count). The minimum absolute atomic E-state index is 0.109.